The molecule has 3 aromatic carbocycles. The fraction of sp³-hybridized carbons (Fsp3) is 0.367. The van der Waals surface area contributed by atoms with Crippen molar-refractivity contribution in [2.75, 3.05) is 14.2 Å². The molecule has 1 amide bonds. The lowest BCUT2D eigenvalue weighted by Gasteiger charge is -2.51. The van der Waals surface area contributed by atoms with E-state index in [-0.39, 0.29) is 36.0 Å². The van der Waals surface area contributed by atoms with E-state index in [1.54, 1.807) is 0 Å². The van der Waals surface area contributed by atoms with E-state index in [1.165, 1.54) is 38.9 Å². The van der Waals surface area contributed by atoms with E-state index in [0.29, 0.717) is 6.54 Å². The summed E-state index contributed by atoms with van der Waals surface area (Å²) in [6, 6.07) is 17.5. The average molecular weight is 465 g/mol. The van der Waals surface area contributed by atoms with Crippen molar-refractivity contribution in [3.05, 3.63) is 81.9 Å². The molecular weight excluding hydrogens is 436 g/mol. The van der Waals surface area contributed by atoms with Gasteiger partial charge in [-0.3, -0.25) is 4.79 Å². The van der Waals surface area contributed by atoms with Crippen molar-refractivity contribution in [2.45, 2.75) is 55.6 Å². The molecular formula is C30H28N2O3. The number of fused-ring (bicyclic) bond motifs is 13. The SMILES string of the molecule is CN[C@@H]1C[C@@H]2O[C@@](C)([C@H]3c4ccccc4-c4c5c(c6c(c43)[C@H]2c2ccccc2-6)C(=O)NC5)[C@@H]1OC. The molecule has 0 saturated carbocycles. The molecule has 2 aliphatic carbocycles. The first-order chi connectivity index (χ1) is 17.1. The number of likely N-dealkylation sites (N-methyl/N-ethyl adjacent to an activating group) is 1. The van der Waals surface area contributed by atoms with E-state index in [0.717, 1.165) is 23.1 Å². The summed E-state index contributed by atoms with van der Waals surface area (Å²) in [4.78, 5) is 13.4. The van der Waals surface area contributed by atoms with Crippen LogP contribution in [-0.2, 0) is 16.0 Å². The number of hydrogen-bond acceptors (Lipinski definition) is 4. The molecule has 2 N–H and O–H groups in total. The highest BCUT2D eigenvalue weighted by molar-refractivity contribution is 6.10. The lowest BCUT2D eigenvalue weighted by atomic mass is 9.73. The molecule has 3 heterocycles. The standard InChI is InChI=1S/C30H28N2O3/c1-30-27-17-11-7-6-10-16(17)21-18-13-32-29(33)24(18)23-15-9-5-4-8-14(15)22(25(23)26(21)27)20(35-30)12-19(31-2)28(30)34-3/h4-11,19-20,22,27-28,31H,12-13H2,1-3H3,(H,32,33)/t19-,20+,22+,27+,28-,30+/m1/s1. The van der Waals surface area contributed by atoms with Gasteiger partial charge < -0.3 is 20.1 Å². The molecule has 0 aromatic heterocycles. The monoisotopic (exact) mass is 464 g/mol. The van der Waals surface area contributed by atoms with Crippen LogP contribution in [0.15, 0.2) is 48.5 Å². The average Bonchev–Trinajstić information content (AvgIpc) is 3.51. The Morgan fingerprint density at radius 1 is 1.00 bits per heavy atom. The van der Waals surface area contributed by atoms with E-state index in [9.17, 15) is 4.79 Å². The van der Waals surface area contributed by atoms with Crippen molar-refractivity contribution in [1.82, 2.24) is 10.6 Å². The van der Waals surface area contributed by atoms with Crippen molar-refractivity contribution >= 4 is 5.91 Å². The summed E-state index contributed by atoms with van der Waals surface area (Å²) in [6.07, 6.45) is 0.747. The van der Waals surface area contributed by atoms with Crippen LogP contribution in [-0.4, -0.2) is 43.9 Å². The van der Waals surface area contributed by atoms with Crippen LogP contribution < -0.4 is 10.6 Å². The number of ether oxygens (including phenoxy) is 2. The zero-order chi connectivity index (χ0) is 23.6. The molecule has 2 bridgehead atoms. The first-order valence-corrected chi connectivity index (χ1v) is 12.7. The fourth-order valence-electron chi connectivity index (χ4n) is 8.32. The number of carbonyl (C=O) groups excluding carboxylic acids is 1. The maximum absolute atomic E-state index is 13.4. The van der Waals surface area contributed by atoms with Crippen LogP contribution in [0.4, 0.5) is 0 Å². The molecule has 3 aliphatic heterocycles. The first-order valence-electron chi connectivity index (χ1n) is 12.7. The predicted molar refractivity (Wildman–Crippen MR) is 134 cm³/mol. The molecule has 5 aliphatic rings. The van der Waals surface area contributed by atoms with Gasteiger partial charge in [0.1, 0.15) is 11.7 Å². The Morgan fingerprint density at radius 2 is 1.71 bits per heavy atom. The van der Waals surface area contributed by atoms with Crippen LogP contribution in [0, 0.1) is 0 Å². The van der Waals surface area contributed by atoms with E-state index >= 15 is 0 Å². The number of amides is 1. The quantitative estimate of drug-likeness (QED) is 0.593. The Labute approximate surface area is 204 Å². The highest BCUT2D eigenvalue weighted by Gasteiger charge is 2.61. The summed E-state index contributed by atoms with van der Waals surface area (Å²) in [7, 11) is 3.85. The topological polar surface area (TPSA) is 59.6 Å². The fourth-order valence-corrected chi connectivity index (χ4v) is 8.32. The van der Waals surface area contributed by atoms with Gasteiger partial charge in [-0.15, -0.1) is 0 Å². The molecule has 0 radical (unpaired) electrons. The van der Waals surface area contributed by atoms with Crippen molar-refractivity contribution in [3.63, 3.8) is 0 Å². The Kier molecular flexibility index (Phi) is 3.82. The van der Waals surface area contributed by atoms with Gasteiger partial charge in [-0.05, 0) is 70.5 Å². The summed E-state index contributed by atoms with van der Waals surface area (Å²) >= 11 is 0. The molecule has 5 heteroatoms. The zero-order valence-electron chi connectivity index (χ0n) is 20.1. The largest absolute Gasteiger partial charge is 0.377 e. The molecule has 1 saturated heterocycles. The van der Waals surface area contributed by atoms with Gasteiger partial charge in [-0.25, -0.2) is 0 Å². The third-order valence-electron chi connectivity index (χ3n) is 9.43. The van der Waals surface area contributed by atoms with Gasteiger partial charge in [0, 0.05) is 31.5 Å². The molecule has 35 heavy (non-hydrogen) atoms. The summed E-state index contributed by atoms with van der Waals surface area (Å²) in [6.45, 7) is 2.83. The summed E-state index contributed by atoms with van der Waals surface area (Å²) in [5, 5.41) is 6.73. The minimum atomic E-state index is -0.552. The number of nitrogens with one attached hydrogen (secondary N) is 2. The van der Waals surface area contributed by atoms with Crippen molar-refractivity contribution < 1.29 is 14.3 Å². The van der Waals surface area contributed by atoms with Crippen LogP contribution in [0.1, 0.15) is 63.4 Å². The minimum Gasteiger partial charge on any atom is -0.377 e. The summed E-state index contributed by atoms with van der Waals surface area (Å²) in [5.41, 5.74) is 11.5. The van der Waals surface area contributed by atoms with Crippen molar-refractivity contribution in [1.29, 1.82) is 0 Å². The van der Waals surface area contributed by atoms with Crippen LogP contribution >= 0.6 is 0 Å². The van der Waals surface area contributed by atoms with E-state index in [2.05, 4.69) is 66.1 Å². The molecule has 1 fully saturated rings. The summed E-state index contributed by atoms with van der Waals surface area (Å²) < 4.78 is 13.5. The van der Waals surface area contributed by atoms with Crippen molar-refractivity contribution in [2.24, 2.45) is 0 Å². The second-order valence-corrected chi connectivity index (χ2v) is 10.8. The van der Waals surface area contributed by atoms with Crippen molar-refractivity contribution in [3.8, 4) is 22.3 Å². The highest BCUT2D eigenvalue weighted by Crippen LogP contribution is 2.65. The number of rotatable bonds is 2. The van der Waals surface area contributed by atoms with E-state index in [4.69, 9.17) is 9.47 Å². The van der Waals surface area contributed by atoms with Gasteiger partial charge in [0.15, 0.2) is 0 Å². The number of benzene rings is 3. The molecule has 5 nitrogen and oxygen atoms in total. The number of methoxy groups -OCH3 is 1. The molecule has 176 valence electrons. The number of carbonyl (C=O) groups is 1. The highest BCUT2D eigenvalue weighted by atomic mass is 16.6. The lowest BCUT2D eigenvalue weighted by Crippen LogP contribution is -2.62. The van der Waals surface area contributed by atoms with Gasteiger partial charge in [0.05, 0.1) is 11.7 Å². The molecule has 6 atom stereocenters. The zero-order valence-corrected chi connectivity index (χ0v) is 20.1. The van der Waals surface area contributed by atoms with Crippen LogP contribution in [0.25, 0.3) is 22.3 Å². The maximum Gasteiger partial charge on any atom is 0.252 e. The Bertz CT molecular complexity index is 1460. The third kappa shape index (κ3) is 2.20. The normalized spacial score (nSPS) is 32.4. The van der Waals surface area contributed by atoms with E-state index < -0.39 is 5.60 Å². The van der Waals surface area contributed by atoms with Gasteiger partial charge in [-0.2, -0.15) is 0 Å². The van der Waals surface area contributed by atoms with E-state index in [1.807, 2.05) is 14.2 Å². The van der Waals surface area contributed by atoms with Crippen LogP contribution in [0.3, 0.4) is 0 Å². The second-order valence-electron chi connectivity index (χ2n) is 10.8. The molecule has 0 spiro atoms. The Morgan fingerprint density at radius 3 is 2.46 bits per heavy atom. The van der Waals surface area contributed by atoms with Gasteiger partial charge >= 0.3 is 0 Å². The maximum atomic E-state index is 13.4. The van der Waals surface area contributed by atoms with Crippen LogP contribution in [0.2, 0.25) is 0 Å². The Balaban J connectivity index is 1.57. The molecule has 3 aromatic rings. The van der Waals surface area contributed by atoms with Gasteiger partial charge in [0.25, 0.3) is 5.91 Å². The second kappa shape index (κ2) is 6.61. The first kappa shape index (κ1) is 20.2. The minimum absolute atomic E-state index is 0.00405. The lowest BCUT2D eigenvalue weighted by molar-refractivity contribution is -0.205. The van der Waals surface area contributed by atoms with Gasteiger partial charge in [0.2, 0.25) is 0 Å². The Hall–Kier alpha value is -2.99. The molecule has 0 unspecified atom stereocenters. The number of hydrogen-bond donors (Lipinski definition) is 2. The van der Waals surface area contributed by atoms with Crippen LogP contribution in [0.5, 0.6) is 0 Å². The smallest absolute Gasteiger partial charge is 0.252 e. The predicted octanol–water partition coefficient (Wildman–Crippen LogP) is 4.32. The van der Waals surface area contributed by atoms with Gasteiger partial charge in [-0.1, -0.05) is 48.5 Å². The summed E-state index contributed by atoms with van der Waals surface area (Å²) in [5.74, 6) is 0.181. The molecule has 8 rings (SSSR count). The third-order valence-corrected chi connectivity index (χ3v) is 9.43.